The van der Waals surface area contributed by atoms with Gasteiger partial charge in [-0.2, -0.15) is 0 Å². The van der Waals surface area contributed by atoms with Crippen molar-refractivity contribution in [3.05, 3.63) is 24.0 Å². The van der Waals surface area contributed by atoms with Crippen molar-refractivity contribution >= 4 is 11.4 Å². The molecule has 0 aliphatic heterocycles. The van der Waals surface area contributed by atoms with Crippen molar-refractivity contribution in [2.24, 2.45) is 0 Å². The standard InChI is InChI=1S/C11H17FN2O/c1-2-5-14(6-7-15)11-4-3-9(12)8-10(11)13/h3-4,8,15H,2,5-7,13H2,1H3. The molecular weight excluding hydrogens is 195 g/mol. The van der Waals surface area contributed by atoms with Gasteiger partial charge in [0.25, 0.3) is 0 Å². The zero-order valence-corrected chi connectivity index (χ0v) is 8.91. The molecule has 1 rings (SSSR count). The molecule has 0 unspecified atom stereocenters. The highest BCUT2D eigenvalue weighted by molar-refractivity contribution is 5.67. The van der Waals surface area contributed by atoms with E-state index >= 15 is 0 Å². The van der Waals surface area contributed by atoms with E-state index in [9.17, 15) is 4.39 Å². The third kappa shape index (κ3) is 3.09. The summed E-state index contributed by atoms with van der Waals surface area (Å²) < 4.78 is 12.8. The van der Waals surface area contributed by atoms with Crippen LogP contribution in [0.15, 0.2) is 18.2 Å². The van der Waals surface area contributed by atoms with Crippen LogP contribution in [0.3, 0.4) is 0 Å². The predicted molar refractivity (Wildman–Crippen MR) is 60.4 cm³/mol. The summed E-state index contributed by atoms with van der Waals surface area (Å²) in [7, 11) is 0. The first kappa shape index (κ1) is 11.8. The SMILES string of the molecule is CCCN(CCO)c1ccc(F)cc1N. The Morgan fingerprint density at radius 1 is 1.40 bits per heavy atom. The molecule has 0 saturated carbocycles. The summed E-state index contributed by atoms with van der Waals surface area (Å²) >= 11 is 0. The maximum atomic E-state index is 12.8. The number of benzene rings is 1. The molecule has 0 aliphatic carbocycles. The average Bonchev–Trinajstić information content (AvgIpc) is 2.17. The molecule has 1 aromatic carbocycles. The van der Waals surface area contributed by atoms with E-state index in [1.54, 1.807) is 6.07 Å². The minimum absolute atomic E-state index is 0.0663. The minimum Gasteiger partial charge on any atom is -0.397 e. The second-order valence-electron chi connectivity index (χ2n) is 3.41. The molecule has 0 radical (unpaired) electrons. The van der Waals surface area contributed by atoms with Gasteiger partial charge in [-0.15, -0.1) is 0 Å². The van der Waals surface area contributed by atoms with Crippen LogP contribution in [-0.4, -0.2) is 24.8 Å². The Morgan fingerprint density at radius 2 is 2.13 bits per heavy atom. The number of halogens is 1. The topological polar surface area (TPSA) is 49.5 Å². The molecule has 0 bridgehead atoms. The Morgan fingerprint density at radius 3 is 2.67 bits per heavy atom. The number of hydrogen-bond donors (Lipinski definition) is 2. The van der Waals surface area contributed by atoms with E-state index in [0.29, 0.717) is 12.2 Å². The summed E-state index contributed by atoms with van der Waals surface area (Å²) in [6.07, 6.45) is 0.955. The first-order valence-corrected chi connectivity index (χ1v) is 5.10. The van der Waals surface area contributed by atoms with Crippen LogP contribution in [0.4, 0.5) is 15.8 Å². The molecule has 0 fully saturated rings. The highest BCUT2D eigenvalue weighted by Crippen LogP contribution is 2.23. The maximum Gasteiger partial charge on any atom is 0.125 e. The fourth-order valence-corrected chi connectivity index (χ4v) is 1.56. The average molecular weight is 212 g/mol. The van der Waals surface area contributed by atoms with Gasteiger partial charge in [-0.05, 0) is 24.6 Å². The molecule has 0 aromatic heterocycles. The Hall–Kier alpha value is -1.29. The first-order chi connectivity index (χ1) is 7.19. The second kappa shape index (κ2) is 5.56. The van der Waals surface area contributed by atoms with Crippen LogP contribution in [0.1, 0.15) is 13.3 Å². The summed E-state index contributed by atoms with van der Waals surface area (Å²) in [5, 5.41) is 8.91. The Balaban J connectivity index is 2.89. The van der Waals surface area contributed by atoms with Crippen LogP contribution in [0.25, 0.3) is 0 Å². The maximum absolute atomic E-state index is 12.8. The zero-order valence-electron chi connectivity index (χ0n) is 8.91. The van der Waals surface area contributed by atoms with E-state index in [0.717, 1.165) is 18.7 Å². The lowest BCUT2D eigenvalue weighted by atomic mass is 10.2. The summed E-state index contributed by atoms with van der Waals surface area (Å²) in [5.41, 5.74) is 6.92. The molecule has 3 N–H and O–H groups in total. The molecule has 0 amide bonds. The Labute approximate surface area is 89.3 Å². The number of aliphatic hydroxyl groups excluding tert-OH is 1. The van der Waals surface area contributed by atoms with Gasteiger partial charge in [-0.25, -0.2) is 4.39 Å². The Bertz CT molecular complexity index is 311. The molecule has 0 spiro atoms. The van der Waals surface area contributed by atoms with Crippen LogP contribution in [0.2, 0.25) is 0 Å². The number of rotatable bonds is 5. The summed E-state index contributed by atoms with van der Waals surface area (Å²) in [4.78, 5) is 1.95. The lowest BCUT2D eigenvalue weighted by molar-refractivity contribution is 0.302. The van der Waals surface area contributed by atoms with Crippen molar-refractivity contribution in [2.45, 2.75) is 13.3 Å². The smallest absolute Gasteiger partial charge is 0.125 e. The highest BCUT2D eigenvalue weighted by Gasteiger charge is 2.08. The van der Waals surface area contributed by atoms with E-state index < -0.39 is 0 Å². The van der Waals surface area contributed by atoms with Gasteiger partial charge >= 0.3 is 0 Å². The molecular formula is C11H17FN2O. The van der Waals surface area contributed by atoms with Crippen molar-refractivity contribution in [1.29, 1.82) is 0 Å². The van der Waals surface area contributed by atoms with E-state index in [2.05, 4.69) is 0 Å². The first-order valence-electron chi connectivity index (χ1n) is 5.10. The normalized spacial score (nSPS) is 10.3. The zero-order chi connectivity index (χ0) is 11.3. The van der Waals surface area contributed by atoms with Gasteiger partial charge < -0.3 is 15.7 Å². The lowest BCUT2D eigenvalue weighted by Crippen LogP contribution is -2.28. The van der Waals surface area contributed by atoms with Gasteiger partial charge in [0.05, 0.1) is 18.0 Å². The van der Waals surface area contributed by atoms with Gasteiger partial charge in [0.15, 0.2) is 0 Å². The van der Waals surface area contributed by atoms with Gasteiger partial charge in [-0.3, -0.25) is 0 Å². The monoisotopic (exact) mass is 212 g/mol. The third-order valence-electron chi connectivity index (χ3n) is 2.19. The number of hydrogen-bond acceptors (Lipinski definition) is 3. The molecule has 3 nitrogen and oxygen atoms in total. The van der Waals surface area contributed by atoms with Crippen molar-refractivity contribution in [3.8, 4) is 0 Å². The second-order valence-corrected chi connectivity index (χ2v) is 3.41. The van der Waals surface area contributed by atoms with E-state index in [1.165, 1.54) is 12.1 Å². The predicted octanol–water partition coefficient (Wildman–Crippen LogP) is 1.62. The Kier molecular flexibility index (Phi) is 4.37. The summed E-state index contributed by atoms with van der Waals surface area (Å²) in [6, 6.07) is 4.33. The fourth-order valence-electron chi connectivity index (χ4n) is 1.56. The molecule has 0 saturated heterocycles. The number of anilines is 2. The fraction of sp³-hybridized carbons (Fsp3) is 0.455. The minimum atomic E-state index is -0.336. The van der Waals surface area contributed by atoms with Crippen molar-refractivity contribution in [3.63, 3.8) is 0 Å². The van der Waals surface area contributed by atoms with Gasteiger partial charge in [-0.1, -0.05) is 6.92 Å². The largest absolute Gasteiger partial charge is 0.397 e. The number of nitrogens with two attached hydrogens (primary N) is 1. The molecule has 0 aliphatic rings. The highest BCUT2D eigenvalue weighted by atomic mass is 19.1. The van der Waals surface area contributed by atoms with E-state index in [4.69, 9.17) is 10.8 Å². The lowest BCUT2D eigenvalue weighted by Gasteiger charge is -2.24. The summed E-state index contributed by atoms with van der Waals surface area (Å²) in [6.45, 7) is 3.43. The molecule has 15 heavy (non-hydrogen) atoms. The van der Waals surface area contributed by atoms with Crippen LogP contribution >= 0.6 is 0 Å². The van der Waals surface area contributed by atoms with Crippen molar-refractivity contribution in [1.82, 2.24) is 0 Å². The van der Waals surface area contributed by atoms with E-state index in [-0.39, 0.29) is 12.4 Å². The van der Waals surface area contributed by atoms with Crippen LogP contribution in [0.5, 0.6) is 0 Å². The van der Waals surface area contributed by atoms with Gasteiger partial charge in [0, 0.05) is 13.1 Å². The van der Waals surface area contributed by atoms with Gasteiger partial charge in [0.1, 0.15) is 5.82 Å². The van der Waals surface area contributed by atoms with Crippen LogP contribution in [0, 0.1) is 5.82 Å². The molecule has 0 heterocycles. The van der Waals surface area contributed by atoms with Crippen LogP contribution < -0.4 is 10.6 Å². The number of aliphatic hydroxyl groups is 1. The van der Waals surface area contributed by atoms with Gasteiger partial charge in [0.2, 0.25) is 0 Å². The number of nitrogen functional groups attached to an aromatic ring is 1. The molecule has 84 valence electrons. The van der Waals surface area contributed by atoms with Crippen molar-refractivity contribution < 1.29 is 9.50 Å². The number of nitrogens with zero attached hydrogens (tertiary/aromatic N) is 1. The van der Waals surface area contributed by atoms with Crippen LogP contribution in [-0.2, 0) is 0 Å². The molecule has 4 heteroatoms. The third-order valence-corrected chi connectivity index (χ3v) is 2.19. The van der Waals surface area contributed by atoms with Crippen molar-refractivity contribution in [2.75, 3.05) is 30.3 Å². The molecule has 0 atom stereocenters. The van der Waals surface area contributed by atoms with E-state index in [1.807, 2.05) is 11.8 Å². The quantitative estimate of drug-likeness (QED) is 0.729. The molecule has 1 aromatic rings. The summed E-state index contributed by atoms with van der Waals surface area (Å²) in [5.74, 6) is -0.336.